The molecule has 6 heteroatoms. The molecule has 0 fully saturated rings. The van der Waals surface area contributed by atoms with Crippen molar-refractivity contribution in [3.05, 3.63) is 77.7 Å². The van der Waals surface area contributed by atoms with Crippen molar-refractivity contribution in [2.75, 3.05) is 7.11 Å². The fraction of sp³-hybridized carbons (Fsp3) is 0.167. The van der Waals surface area contributed by atoms with E-state index in [2.05, 4.69) is 15.4 Å². The minimum atomic E-state index is -0.114. The van der Waals surface area contributed by atoms with E-state index in [0.29, 0.717) is 24.5 Å². The molecule has 122 valence electrons. The van der Waals surface area contributed by atoms with Gasteiger partial charge in [-0.2, -0.15) is 5.10 Å². The van der Waals surface area contributed by atoms with Gasteiger partial charge in [-0.05, 0) is 35.4 Å². The average molecular weight is 322 g/mol. The third-order valence-corrected chi connectivity index (χ3v) is 3.58. The molecule has 0 aliphatic carbocycles. The molecule has 24 heavy (non-hydrogen) atoms. The minimum absolute atomic E-state index is 0.114. The van der Waals surface area contributed by atoms with Gasteiger partial charge in [0.2, 0.25) is 5.88 Å². The molecule has 0 radical (unpaired) electrons. The number of hydrogen-bond acceptors (Lipinski definition) is 4. The maximum absolute atomic E-state index is 12.2. The number of amides is 1. The van der Waals surface area contributed by atoms with Crippen LogP contribution in [0.2, 0.25) is 0 Å². The second-order valence-corrected chi connectivity index (χ2v) is 5.29. The lowest BCUT2D eigenvalue weighted by atomic mass is 10.1. The molecule has 0 aliphatic rings. The zero-order valence-electron chi connectivity index (χ0n) is 13.3. The summed E-state index contributed by atoms with van der Waals surface area (Å²) in [6.45, 7) is 1.11. The highest BCUT2D eigenvalue weighted by molar-refractivity contribution is 5.94. The molecule has 1 N–H and O–H groups in total. The van der Waals surface area contributed by atoms with Crippen LogP contribution in [0.5, 0.6) is 5.88 Å². The van der Waals surface area contributed by atoms with Crippen molar-refractivity contribution < 1.29 is 9.53 Å². The number of methoxy groups -OCH3 is 1. The normalized spacial score (nSPS) is 10.4. The van der Waals surface area contributed by atoms with Crippen molar-refractivity contribution in [2.24, 2.45) is 0 Å². The summed E-state index contributed by atoms with van der Waals surface area (Å²) in [5, 5.41) is 7.06. The van der Waals surface area contributed by atoms with E-state index in [1.54, 1.807) is 25.6 Å². The Balaban J connectivity index is 1.58. The Morgan fingerprint density at radius 2 is 2.00 bits per heavy atom. The number of carbonyl (C=O) groups excluding carboxylic acids is 1. The second-order valence-electron chi connectivity index (χ2n) is 5.29. The third kappa shape index (κ3) is 3.98. The summed E-state index contributed by atoms with van der Waals surface area (Å²) in [7, 11) is 1.56. The predicted octanol–water partition coefficient (Wildman–Crippen LogP) is 2.27. The van der Waals surface area contributed by atoms with Crippen molar-refractivity contribution in [1.82, 2.24) is 20.1 Å². The largest absolute Gasteiger partial charge is 0.481 e. The minimum Gasteiger partial charge on any atom is -0.481 e. The third-order valence-electron chi connectivity index (χ3n) is 3.58. The van der Waals surface area contributed by atoms with Crippen molar-refractivity contribution in [1.29, 1.82) is 0 Å². The van der Waals surface area contributed by atoms with E-state index in [9.17, 15) is 4.79 Å². The monoisotopic (exact) mass is 322 g/mol. The van der Waals surface area contributed by atoms with E-state index in [4.69, 9.17) is 4.74 Å². The number of hydrogen-bond donors (Lipinski definition) is 1. The molecular formula is C18H18N4O2. The number of nitrogens with one attached hydrogen (secondary N) is 1. The number of benzene rings is 1. The Hall–Kier alpha value is -3.15. The molecule has 3 aromatic rings. The molecule has 0 spiro atoms. The number of carbonyl (C=O) groups is 1. The second kappa shape index (κ2) is 7.41. The topological polar surface area (TPSA) is 69.0 Å². The van der Waals surface area contributed by atoms with Crippen LogP contribution in [0.3, 0.4) is 0 Å². The fourth-order valence-electron chi connectivity index (χ4n) is 2.30. The van der Waals surface area contributed by atoms with Gasteiger partial charge in [-0.25, -0.2) is 4.98 Å². The smallest absolute Gasteiger partial charge is 0.251 e. The van der Waals surface area contributed by atoms with Gasteiger partial charge in [0.25, 0.3) is 5.91 Å². The van der Waals surface area contributed by atoms with E-state index in [-0.39, 0.29) is 5.91 Å². The van der Waals surface area contributed by atoms with Gasteiger partial charge >= 0.3 is 0 Å². The van der Waals surface area contributed by atoms with Crippen molar-refractivity contribution >= 4 is 5.91 Å². The maximum Gasteiger partial charge on any atom is 0.251 e. The summed E-state index contributed by atoms with van der Waals surface area (Å²) in [4.78, 5) is 16.3. The van der Waals surface area contributed by atoms with Gasteiger partial charge in [0.05, 0.1) is 13.7 Å². The van der Waals surface area contributed by atoms with Crippen molar-refractivity contribution in [2.45, 2.75) is 13.1 Å². The highest BCUT2D eigenvalue weighted by Crippen LogP contribution is 2.09. The zero-order chi connectivity index (χ0) is 16.8. The van der Waals surface area contributed by atoms with Crippen LogP contribution in [0.1, 0.15) is 21.5 Å². The summed E-state index contributed by atoms with van der Waals surface area (Å²) in [5.41, 5.74) is 2.65. The molecule has 3 rings (SSSR count). The Labute approximate surface area is 140 Å². The highest BCUT2D eigenvalue weighted by atomic mass is 16.5. The molecule has 0 aliphatic heterocycles. The Morgan fingerprint density at radius 3 is 2.71 bits per heavy atom. The number of pyridine rings is 1. The molecule has 2 aromatic heterocycles. The molecule has 1 aromatic carbocycles. The lowest BCUT2D eigenvalue weighted by molar-refractivity contribution is 0.0951. The lowest BCUT2D eigenvalue weighted by Crippen LogP contribution is -2.22. The van der Waals surface area contributed by atoms with Crippen LogP contribution >= 0.6 is 0 Å². The van der Waals surface area contributed by atoms with E-state index in [1.165, 1.54) is 0 Å². The molecule has 2 heterocycles. The SMILES string of the molecule is COc1cc(CNC(=O)c2ccc(Cn3cccn3)cc2)ccn1. The average Bonchev–Trinajstić information content (AvgIpc) is 3.13. The summed E-state index contributed by atoms with van der Waals surface area (Å²) in [6.07, 6.45) is 5.31. The van der Waals surface area contributed by atoms with Gasteiger partial charge in [-0.1, -0.05) is 12.1 Å². The van der Waals surface area contributed by atoms with Crippen LogP contribution < -0.4 is 10.1 Å². The standard InChI is InChI=1S/C18H18N4O2/c1-24-17-11-15(7-9-19-17)12-20-18(23)16-5-3-14(4-6-16)13-22-10-2-8-21-22/h2-11H,12-13H2,1H3,(H,20,23). The molecule has 0 saturated heterocycles. The quantitative estimate of drug-likeness (QED) is 0.756. The van der Waals surface area contributed by atoms with Crippen molar-refractivity contribution in [3.63, 3.8) is 0 Å². The lowest BCUT2D eigenvalue weighted by Gasteiger charge is -2.07. The summed E-state index contributed by atoms with van der Waals surface area (Å²) >= 11 is 0. The first-order valence-electron chi connectivity index (χ1n) is 7.58. The van der Waals surface area contributed by atoms with E-state index in [0.717, 1.165) is 11.1 Å². The zero-order valence-corrected chi connectivity index (χ0v) is 13.3. The van der Waals surface area contributed by atoms with Crippen molar-refractivity contribution in [3.8, 4) is 5.88 Å². The molecular weight excluding hydrogens is 304 g/mol. The Bertz CT molecular complexity index is 798. The Kier molecular flexibility index (Phi) is 4.86. The first-order chi connectivity index (χ1) is 11.7. The molecule has 0 atom stereocenters. The molecule has 0 bridgehead atoms. The first kappa shape index (κ1) is 15.7. The van der Waals surface area contributed by atoms with Gasteiger partial charge in [0.15, 0.2) is 0 Å². The maximum atomic E-state index is 12.2. The molecule has 0 unspecified atom stereocenters. The number of nitrogens with zero attached hydrogens (tertiary/aromatic N) is 3. The first-order valence-corrected chi connectivity index (χ1v) is 7.58. The highest BCUT2D eigenvalue weighted by Gasteiger charge is 2.06. The van der Waals surface area contributed by atoms with Crippen LogP contribution in [-0.4, -0.2) is 27.8 Å². The van der Waals surface area contributed by atoms with Crippen LogP contribution in [0, 0.1) is 0 Å². The van der Waals surface area contributed by atoms with Gasteiger partial charge in [-0.15, -0.1) is 0 Å². The van der Waals surface area contributed by atoms with E-state index < -0.39 is 0 Å². The van der Waals surface area contributed by atoms with Gasteiger partial charge in [0, 0.05) is 36.8 Å². The summed E-state index contributed by atoms with van der Waals surface area (Å²) in [6, 6.07) is 13.0. The predicted molar refractivity (Wildman–Crippen MR) is 89.7 cm³/mol. The summed E-state index contributed by atoms with van der Waals surface area (Å²) in [5.74, 6) is 0.418. The van der Waals surface area contributed by atoms with Crippen LogP contribution in [0.4, 0.5) is 0 Å². The molecule has 6 nitrogen and oxygen atoms in total. The van der Waals surface area contributed by atoms with Gasteiger partial charge in [0.1, 0.15) is 0 Å². The number of rotatable bonds is 6. The number of aromatic nitrogens is 3. The van der Waals surface area contributed by atoms with Crippen LogP contribution in [0.25, 0.3) is 0 Å². The van der Waals surface area contributed by atoms with E-state index >= 15 is 0 Å². The molecule has 1 amide bonds. The number of ether oxygens (including phenoxy) is 1. The van der Waals surface area contributed by atoms with Crippen LogP contribution in [-0.2, 0) is 13.1 Å². The fourth-order valence-corrected chi connectivity index (χ4v) is 2.30. The summed E-state index contributed by atoms with van der Waals surface area (Å²) < 4.78 is 6.91. The van der Waals surface area contributed by atoms with E-state index in [1.807, 2.05) is 47.3 Å². The van der Waals surface area contributed by atoms with Gasteiger partial charge < -0.3 is 10.1 Å². The van der Waals surface area contributed by atoms with Crippen LogP contribution in [0.15, 0.2) is 61.1 Å². The molecule has 0 saturated carbocycles. The Morgan fingerprint density at radius 1 is 1.17 bits per heavy atom. The van der Waals surface area contributed by atoms with Gasteiger partial charge in [-0.3, -0.25) is 9.48 Å².